The number of carbonyl (C=O) groups excluding carboxylic acids is 1. The van der Waals surface area contributed by atoms with Crippen molar-refractivity contribution in [2.45, 2.75) is 26.3 Å². The van der Waals surface area contributed by atoms with Gasteiger partial charge in [0.2, 0.25) is 5.82 Å². The number of hydrogen-bond donors (Lipinski definition) is 2. The Balaban J connectivity index is 2.14. The van der Waals surface area contributed by atoms with Crippen LogP contribution in [0.25, 0.3) is 0 Å². The van der Waals surface area contributed by atoms with Crippen molar-refractivity contribution in [3.63, 3.8) is 0 Å². The molecule has 0 saturated carbocycles. The molecule has 0 aliphatic heterocycles. The Hall–Kier alpha value is -2.21. The van der Waals surface area contributed by atoms with Gasteiger partial charge in [-0.05, 0) is 5.56 Å². The van der Waals surface area contributed by atoms with Gasteiger partial charge >= 0.3 is 0 Å². The van der Waals surface area contributed by atoms with E-state index in [1.807, 2.05) is 44.2 Å². The fourth-order valence-electron chi connectivity index (χ4n) is 1.98. The van der Waals surface area contributed by atoms with Gasteiger partial charge in [0, 0.05) is 25.6 Å². The highest BCUT2D eigenvalue weighted by Gasteiger charge is 2.20. The molecule has 6 nitrogen and oxygen atoms in total. The molecule has 0 unspecified atom stereocenters. The molecule has 3 N–H and O–H groups in total. The van der Waals surface area contributed by atoms with Gasteiger partial charge in [0.25, 0.3) is 5.91 Å². The maximum Gasteiger partial charge on any atom is 0.293 e. The summed E-state index contributed by atoms with van der Waals surface area (Å²) in [7, 11) is 0. The third kappa shape index (κ3) is 3.88. The molecule has 1 amide bonds. The first-order chi connectivity index (χ1) is 10.1. The molecule has 1 aromatic carbocycles. The van der Waals surface area contributed by atoms with Crippen molar-refractivity contribution in [2.75, 3.05) is 13.1 Å². The quantitative estimate of drug-likeness (QED) is 0.843. The zero-order valence-corrected chi connectivity index (χ0v) is 12.4. The number of amides is 1. The van der Waals surface area contributed by atoms with Crippen molar-refractivity contribution >= 4 is 5.91 Å². The van der Waals surface area contributed by atoms with Gasteiger partial charge in [0.05, 0.1) is 0 Å². The average Bonchev–Trinajstić information content (AvgIpc) is 2.97. The highest BCUT2D eigenvalue weighted by molar-refractivity contribution is 5.90. The van der Waals surface area contributed by atoms with Crippen molar-refractivity contribution in [3.8, 4) is 0 Å². The lowest BCUT2D eigenvalue weighted by Crippen LogP contribution is -2.35. The van der Waals surface area contributed by atoms with Gasteiger partial charge in [-0.2, -0.15) is 0 Å². The summed E-state index contributed by atoms with van der Waals surface area (Å²) in [5.41, 5.74) is 6.66. The monoisotopic (exact) mass is 287 g/mol. The molecule has 2 rings (SSSR count). The third-order valence-electron chi connectivity index (χ3n) is 3.14. The third-order valence-corrected chi connectivity index (χ3v) is 3.14. The van der Waals surface area contributed by atoms with E-state index in [0.29, 0.717) is 25.5 Å². The number of H-pyrrole nitrogens is 1. The number of nitrogens with one attached hydrogen (secondary N) is 1. The molecule has 0 saturated heterocycles. The van der Waals surface area contributed by atoms with Crippen molar-refractivity contribution in [2.24, 2.45) is 5.73 Å². The number of hydrogen-bond acceptors (Lipinski definition) is 4. The summed E-state index contributed by atoms with van der Waals surface area (Å²) >= 11 is 0. The minimum Gasteiger partial charge on any atom is -0.330 e. The van der Waals surface area contributed by atoms with Gasteiger partial charge in [-0.15, -0.1) is 5.10 Å². The fraction of sp³-hybridized carbons (Fsp3) is 0.400. The summed E-state index contributed by atoms with van der Waals surface area (Å²) in [5, 5.41) is 6.82. The zero-order chi connectivity index (χ0) is 15.2. The number of aromatic nitrogens is 3. The van der Waals surface area contributed by atoms with E-state index in [1.165, 1.54) is 0 Å². The molecule has 0 spiro atoms. The first-order valence-corrected chi connectivity index (χ1v) is 7.07. The fourth-order valence-corrected chi connectivity index (χ4v) is 1.98. The molecule has 0 bridgehead atoms. The Morgan fingerprint density at radius 2 is 2.05 bits per heavy atom. The summed E-state index contributed by atoms with van der Waals surface area (Å²) in [5.74, 6) is 0.914. The van der Waals surface area contributed by atoms with Crippen LogP contribution in [0.4, 0.5) is 0 Å². The number of rotatable bonds is 6. The van der Waals surface area contributed by atoms with Crippen LogP contribution in [0.2, 0.25) is 0 Å². The van der Waals surface area contributed by atoms with Crippen molar-refractivity contribution in [1.29, 1.82) is 0 Å². The van der Waals surface area contributed by atoms with Crippen molar-refractivity contribution in [3.05, 3.63) is 47.5 Å². The highest BCUT2D eigenvalue weighted by Crippen LogP contribution is 2.11. The molecule has 1 heterocycles. The Labute approximate surface area is 124 Å². The molecular weight excluding hydrogens is 266 g/mol. The van der Waals surface area contributed by atoms with E-state index < -0.39 is 0 Å². The molecule has 0 aliphatic rings. The number of nitrogens with zero attached hydrogens (tertiary/aromatic N) is 3. The van der Waals surface area contributed by atoms with Gasteiger partial charge in [-0.3, -0.25) is 9.89 Å². The Bertz CT molecular complexity index is 579. The molecule has 6 heteroatoms. The lowest BCUT2D eigenvalue weighted by atomic mass is 10.2. The largest absolute Gasteiger partial charge is 0.330 e. The lowest BCUT2D eigenvalue weighted by Gasteiger charge is -2.20. The maximum absolute atomic E-state index is 12.5. The van der Waals surface area contributed by atoms with E-state index in [-0.39, 0.29) is 17.6 Å². The van der Waals surface area contributed by atoms with Gasteiger partial charge in [-0.25, -0.2) is 4.98 Å². The molecule has 112 valence electrons. The standard InChI is InChI=1S/C15H21N5O/c1-11(2)13-17-14(19-18-13)15(21)20(9-8-16)10-12-6-4-3-5-7-12/h3-7,11H,8-10,16H2,1-2H3,(H,17,18,19). The second-order valence-electron chi connectivity index (χ2n) is 5.20. The van der Waals surface area contributed by atoms with Crippen LogP contribution in [0.15, 0.2) is 30.3 Å². The highest BCUT2D eigenvalue weighted by atomic mass is 16.2. The molecule has 0 fully saturated rings. The summed E-state index contributed by atoms with van der Waals surface area (Å²) < 4.78 is 0. The van der Waals surface area contributed by atoms with E-state index in [1.54, 1.807) is 4.90 Å². The number of nitrogens with two attached hydrogens (primary N) is 1. The van der Waals surface area contributed by atoms with Crippen LogP contribution in [-0.4, -0.2) is 39.1 Å². The smallest absolute Gasteiger partial charge is 0.293 e. The Morgan fingerprint density at radius 1 is 1.33 bits per heavy atom. The summed E-state index contributed by atoms with van der Waals surface area (Å²) in [4.78, 5) is 18.4. The second-order valence-corrected chi connectivity index (χ2v) is 5.20. The molecule has 0 atom stereocenters. The van der Waals surface area contributed by atoms with E-state index in [0.717, 1.165) is 5.56 Å². The Kier molecular flexibility index (Phi) is 5.05. The van der Waals surface area contributed by atoms with Crippen LogP contribution in [0.5, 0.6) is 0 Å². The first-order valence-electron chi connectivity index (χ1n) is 7.07. The molecule has 0 radical (unpaired) electrons. The SMILES string of the molecule is CC(C)c1nc(C(=O)N(CCN)Cc2ccccc2)n[nH]1. The average molecular weight is 287 g/mol. The number of carbonyl (C=O) groups is 1. The van der Waals surface area contributed by atoms with Crippen LogP contribution in [0.3, 0.4) is 0 Å². The maximum atomic E-state index is 12.5. The van der Waals surface area contributed by atoms with Crippen LogP contribution in [0.1, 0.15) is 41.8 Å². The number of benzene rings is 1. The Morgan fingerprint density at radius 3 is 2.62 bits per heavy atom. The van der Waals surface area contributed by atoms with Crippen molar-refractivity contribution in [1.82, 2.24) is 20.1 Å². The van der Waals surface area contributed by atoms with E-state index in [9.17, 15) is 4.79 Å². The van der Waals surface area contributed by atoms with Crippen LogP contribution in [-0.2, 0) is 6.54 Å². The van der Waals surface area contributed by atoms with Crippen LogP contribution in [0, 0.1) is 0 Å². The minimum absolute atomic E-state index is 0.197. The molecule has 2 aromatic rings. The predicted octanol–water partition coefficient (Wildman–Crippen LogP) is 1.53. The summed E-state index contributed by atoms with van der Waals surface area (Å²) in [6.07, 6.45) is 0. The number of aromatic amines is 1. The van der Waals surface area contributed by atoms with E-state index in [4.69, 9.17) is 5.73 Å². The van der Waals surface area contributed by atoms with Crippen LogP contribution >= 0.6 is 0 Å². The minimum atomic E-state index is -0.201. The molecule has 0 aliphatic carbocycles. The zero-order valence-electron chi connectivity index (χ0n) is 12.4. The van der Waals surface area contributed by atoms with Gasteiger partial charge < -0.3 is 10.6 Å². The second kappa shape index (κ2) is 6.99. The predicted molar refractivity (Wildman–Crippen MR) is 80.7 cm³/mol. The molecular formula is C15H21N5O. The van der Waals surface area contributed by atoms with E-state index >= 15 is 0 Å². The van der Waals surface area contributed by atoms with Gasteiger partial charge in [-0.1, -0.05) is 44.2 Å². The topological polar surface area (TPSA) is 87.9 Å². The molecule has 21 heavy (non-hydrogen) atoms. The normalized spacial score (nSPS) is 10.9. The van der Waals surface area contributed by atoms with Crippen LogP contribution < -0.4 is 5.73 Å². The molecule has 1 aromatic heterocycles. The summed E-state index contributed by atoms with van der Waals surface area (Å²) in [6.45, 7) is 5.37. The van der Waals surface area contributed by atoms with Crippen molar-refractivity contribution < 1.29 is 4.79 Å². The van der Waals surface area contributed by atoms with E-state index in [2.05, 4.69) is 15.2 Å². The first kappa shape index (κ1) is 15.2. The lowest BCUT2D eigenvalue weighted by molar-refractivity contribution is 0.0736. The van der Waals surface area contributed by atoms with Gasteiger partial charge in [0.1, 0.15) is 5.82 Å². The summed E-state index contributed by atoms with van der Waals surface area (Å²) in [6, 6.07) is 9.81. The van der Waals surface area contributed by atoms with Gasteiger partial charge in [0.15, 0.2) is 0 Å².